The zero-order valence-electron chi connectivity index (χ0n) is 18.6. The molecule has 0 aliphatic heterocycles. The van der Waals surface area contributed by atoms with Gasteiger partial charge in [0, 0.05) is 17.8 Å². The molecule has 1 amide bonds. The number of hydrogen-bond donors (Lipinski definition) is 2. The van der Waals surface area contributed by atoms with Gasteiger partial charge < -0.3 is 19.8 Å². The third-order valence-electron chi connectivity index (χ3n) is 5.03. The van der Waals surface area contributed by atoms with Gasteiger partial charge in [-0.15, -0.1) is 0 Å². The van der Waals surface area contributed by atoms with Gasteiger partial charge in [-0.2, -0.15) is 0 Å². The van der Waals surface area contributed by atoms with Gasteiger partial charge in [0.25, 0.3) is 0 Å². The second-order valence-corrected chi connectivity index (χ2v) is 9.17. The predicted octanol–water partition coefficient (Wildman–Crippen LogP) is 5.72. The Kier molecular flexibility index (Phi) is 6.76. The maximum absolute atomic E-state index is 12.7. The summed E-state index contributed by atoms with van der Waals surface area (Å²) >= 11 is 7.52. The SMILES string of the molecule is COc1cc(OC)cc(-c2cccc3[nH]c(SC(C)C(=O)Nc4ncc(C)cc4Cl)nc23)c1. The summed E-state index contributed by atoms with van der Waals surface area (Å²) in [5, 5.41) is 3.40. The third-order valence-corrected chi connectivity index (χ3v) is 6.30. The molecule has 0 aliphatic rings. The quantitative estimate of drug-likeness (QED) is 0.327. The van der Waals surface area contributed by atoms with E-state index in [-0.39, 0.29) is 5.91 Å². The number of thioether (sulfide) groups is 1. The third kappa shape index (κ3) is 5.07. The second kappa shape index (κ2) is 9.72. The lowest BCUT2D eigenvalue weighted by molar-refractivity contribution is -0.115. The smallest absolute Gasteiger partial charge is 0.238 e. The van der Waals surface area contributed by atoms with Gasteiger partial charge in [0.1, 0.15) is 11.5 Å². The molecule has 4 aromatic rings. The molecule has 0 aliphatic carbocycles. The Balaban J connectivity index is 1.58. The maximum Gasteiger partial charge on any atom is 0.238 e. The van der Waals surface area contributed by atoms with Crippen LogP contribution >= 0.6 is 23.4 Å². The number of benzene rings is 2. The molecule has 0 radical (unpaired) electrons. The number of aromatic amines is 1. The predicted molar refractivity (Wildman–Crippen MR) is 133 cm³/mol. The molecule has 2 heterocycles. The number of anilines is 1. The van der Waals surface area contributed by atoms with Crippen LogP contribution in [0.1, 0.15) is 12.5 Å². The first-order valence-corrected chi connectivity index (χ1v) is 11.5. The van der Waals surface area contributed by atoms with Crippen molar-refractivity contribution < 1.29 is 14.3 Å². The van der Waals surface area contributed by atoms with Crippen molar-refractivity contribution in [3.05, 3.63) is 59.2 Å². The molecule has 0 saturated carbocycles. The fourth-order valence-electron chi connectivity index (χ4n) is 3.33. The number of carbonyl (C=O) groups excluding carboxylic acids is 1. The van der Waals surface area contributed by atoms with E-state index in [2.05, 4.69) is 15.3 Å². The number of nitrogens with zero attached hydrogens (tertiary/aromatic N) is 2. The molecule has 1 unspecified atom stereocenters. The number of rotatable bonds is 7. The number of amides is 1. The van der Waals surface area contributed by atoms with Crippen LogP contribution in [0.3, 0.4) is 0 Å². The number of methoxy groups -OCH3 is 2. The van der Waals surface area contributed by atoms with Crippen molar-refractivity contribution >= 4 is 46.1 Å². The molecule has 2 N–H and O–H groups in total. The van der Waals surface area contributed by atoms with E-state index in [4.69, 9.17) is 26.1 Å². The fourth-order valence-corrected chi connectivity index (χ4v) is 4.41. The summed E-state index contributed by atoms with van der Waals surface area (Å²) in [4.78, 5) is 25.0. The number of hydrogen-bond acceptors (Lipinski definition) is 6. The number of imidazole rings is 1. The first-order chi connectivity index (χ1) is 15.9. The average molecular weight is 483 g/mol. The summed E-state index contributed by atoms with van der Waals surface area (Å²) in [7, 11) is 3.24. The van der Waals surface area contributed by atoms with E-state index in [0.29, 0.717) is 27.5 Å². The van der Waals surface area contributed by atoms with Gasteiger partial charge in [-0.25, -0.2) is 9.97 Å². The molecule has 0 saturated heterocycles. The van der Waals surface area contributed by atoms with Crippen molar-refractivity contribution in [1.82, 2.24) is 15.0 Å². The number of fused-ring (bicyclic) bond motifs is 1. The summed E-state index contributed by atoms with van der Waals surface area (Å²) in [5.41, 5.74) is 4.44. The lowest BCUT2D eigenvalue weighted by atomic mass is 10.0. The molecule has 1 atom stereocenters. The minimum atomic E-state index is -0.426. The van der Waals surface area contributed by atoms with Gasteiger partial charge in [0.15, 0.2) is 11.0 Å². The lowest BCUT2D eigenvalue weighted by Gasteiger charge is -2.11. The number of para-hydroxylation sites is 1. The highest BCUT2D eigenvalue weighted by Gasteiger charge is 2.19. The number of pyridine rings is 1. The molecule has 0 spiro atoms. The van der Waals surface area contributed by atoms with Crippen LogP contribution in [-0.4, -0.2) is 40.3 Å². The average Bonchev–Trinajstić information content (AvgIpc) is 3.22. The molecule has 33 heavy (non-hydrogen) atoms. The number of aromatic nitrogens is 3. The summed E-state index contributed by atoms with van der Waals surface area (Å²) in [6, 6.07) is 13.4. The summed E-state index contributed by atoms with van der Waals surface area (Å²) < 4.78 is 10.8. The van der Waals surface area contributed by atoms with E-state index in [0.717, 1.165) is 27.7 Å². The Labute approximate surface area is 200 Å². The number of aryl methyl sites for hydroxylation is 1. The molecule has 2 aromatic heterocycles. The van der Waals surface area contributed by atoms with E-state index in [1.54, 1.807) is 26.5 Å². The number of H-pyrrole nitrogens is 1. The van der Waals surface area contributed by atoms with E-state index < -0.39 is 5.25 Å². The zero-order chi connectivity index (χ0) is 23.5. The number of nitrogens with one attached hydrogen (secondary N) is 2. The van der Waals surface area contributed by atoms with E-state index in [1.807, 2.05) is 50.2 Å². The summed E-state index contributed by atoms with van der Waals surface area (Å²) in [5.74, 6) is 1.52. The molecule has 4 rings (SSSR count). The van der Waals surface area contributed by atoms with Crippen LogP contribution in [-0.2, 0) is 4.79 Å². The van der Waals surface area contributed by atoms with Crippen LogP contribution in [0.2, 0.25) is 5.02 Å². The molecule has 9 heteroatoms. The van der Waals surface area contributed by atoms with E-state index >= 15 is 0 Å². The number of halogens is 1. The zero-order valence-corrected chi connectivity index (χ0v) is 20.2. The highest BCUT2D eigenvalue weighted by atomic mass is 35.5. The van der Waals surface area contributed by atoms with Crippen LogP contribution in [0, 0.1) is 6.92 Å². The Hall–Kier alpha value is -3.23. The summed E-state index contributed by atoms with van der Waals surface area (Å²) in [6.07, 6.45) is 1.66. The Bertz CT molecular complexity index is 1300. The van der Waals surface area contributed by atoms with Crippen molar-refractivity contribution in [1.29, 1.82) is 0 Å². The molecule has 0 fully saturated rings. The minimum Gasteiger partial charge on any atom is -0.497 e. The van der Waals surface area contributed by atoms with Crippen LogP contribution < -0.4 is 14.8 Å². The monoisotopic (exact) mass is 482 g/mol. The first-order valence-electron chi connectivity index (χ1n) is 10.2. The van der Waals surface area contributed by atoms with Crippen LogP contribution in [0.4, 0.5) is 5.82 Å². The van der Waals surface area contributed by atoms with Gasteiger partial charge in [0.2, 0.25) is 5.91 Å². The normalized spacial score (nSPS) is 11.9. The van der Waals surface area contributed by atoms with E-state index in [1.165, 1.54) is 11.8 Å². The standard InChI is InChI=1S/C24H23ClN4O3S/c1-13-8-19(25)22(26-12-13)29-23(30)14(2)33-24-27-20-7-5-6-18(21(20)28-24)15-9-16(31-3)11-17(10-15)32-4/h5-12,14H,1-4H3,(H,27,28)(H,26,29,30). The molecular formula is C24H23ClN4O3S. The Morgan fingerprint density at radius 3 is 2.55 bits per heavy atom. The van der Waals surface area contributed by atoms with Gasteiger partial charge in [-0.05, 0) is 49.2 Å². The van der Waals surface area contributed by atoms with Gasteiger partial charge >= 0.3 is 0 Å². The fraction of sp³-hybridized carbons (Fsp3) is 0.208. The van der Waals surface area contributed by atoms with Crippen LogP contribution in [0.15, 0.2) is 53.8 Å². The van der Waals surface area contributed by atoms with Gasteiger partial charge in [-0.3, -0.25) is 4.79 Å². The van der Waals surface area contributed by atoms with Crippen LogP contribution in [0.5, 0.6) is 11.5 Å². The number of carbonyl (C=O) groups is 1. The van der Waals surface area contributed by atoms with Crippen molar-refractivity contribution in [2.75, 3.05) is 19.5 Å². The molecular weight excluding hydrogens is 460 g/mol. The maximum atomic E-state index is 12.7. The number of ether oxygens (including phenoxy) is 2. The minimum absolute atomic E-state index is 0.212. The van der Waals surface area contributed by atoms with Crippen molar-refractivity contribution in [3.63, 3.8) is 0 Å². The van der Waals surface area contributed by atoms with Crippen molar-refractivity contribution in [2.45, 2.75) is 24.3 Å². The highest BCUT2D eigenvalue weighted by Crippen LogP contribution is 2.35. The van der Waals surface area contributed by atoms with Crippen molar-refractivity contribution in [2.24, 2.45) is 0 Å². The molecule has 0 bridgehead atoms. The highest BCUT2D eigenvalue weighted by molar-refractivity contribution is 8.00. The van der Waals surface area contributed by atoms with Gasteiger partial charge in [0.05, 0.1) is 35.5 Å². The van der Waals surface area contributed by atoms with Crippen molar-refractivity contribution in [3.8, 4) is 22.6 Å². The second-order valence-electron chi connectivity index (χ2n) is 7.44. The summed E-state index contributed by atoms with van der Waals surface area (Å²) in [6.45, 7) is 3.70. The molecule has 7 nitrogen and oxygen atoms in total. The Morgan fingerprint density at radius 1 is 1.15 bits per heavy atom. The molecule has 2 aromatic carbocycles. The van der Waals surface area contributed by atoms with Crippen LogP contribution in [0.25, 0.3) is 22.2 Å². The lowest BCUT2D eigenvalue weighted by Crippen LogP contribution is -2.23. The van der Waals surface area contributed by atoms with E-state index in [9.17, 15) is 4.79 Å². The molecule has 170 valence electrons. The first kappa shape index (κ1) is 22.9. The van der Waals surface area contributed by atoms with Gasteiger partial charge in [-0.1, -0.05) is 35.5 Å². The Morgan fingerprint density at radius 2 is 1.88 bits per heavy atom. The topological polar surface area (TPSA) is 89.1 Å². The largest absolute Gasteiger partial charge is 0.497 e.